The number of rotatable bonds is 10. The van der Waals surface area contributed by atoms with Crippen LogP contribution in [0.15, 0.2) is 273 Å². The molecule has 15 aromatic rings. The normalized spacial score (nSPS) is 16.6. The van der Waals surface area contributed by atoms with Crippen molar-refractivity contribution < 1.29 is 49.1 Å². The van der Waals surface area contributed by atoms with E-state index in [2.05, 4.69) is 68.9 Å². The highest BCUT2D eigenvalue weighted by Gasteiger charge is 2.40. The number of aromatic nitrogens is 3. The van der Waals surface area contributed by atoms with E-state index in [1.807, 2.05) is 204 Å². The zero-order valence-electron chi connectivity index (χ0n) is 75.9. The van der Waals surface area contributed by atoms with E-state index in [-0.39, 0.29) is 60.0 Å². The number of nitrogens with zero attached hydrogens (tertiary/aromatic N) is 6. The van der Waals surface area contributed by atoms with Gasteiger partial charge in [0, 0.05) is 192 Å². The van der Waals surface area contributed by atoms with E-state index < -0.39 is 4.92 Å². The highest BCUT2D eigenvalue weighted by molar-refractivity contribution is 6.42. The predicted molar refractivity (Wildman–Crippen MR) is 558 cm³/mol. The fourth-order valence-electron chi connectivity index (χ4n) is 19.7. The summed E-state index contributed by atoms with van der Waals surface area (Å²) >= 11 is 24.8. The van der Waals surface area contributed by atoms with E-state index >= 15 is 0 Å². The number of aromatic amines is 3. The average molecular weight is 1950 g/mol. The van der Waals surface area contributed by atoms with Crippen molar-refractivity contribution in [2.45, 2.75) is 87.5 Å². The molecule has 9 N–H and O–H groups in total. The lowest BCUT2D eigenvalue weighted by molar-refractivity contribution is -0.385. The van der Waals surface area contributed by atoms with Gasteiger partial charge in [-0.2, -0.15) is 0 Å². The smallest absolute Gasteiger partial charge is 0.273 e. The average Bonchev–Trinajstić information content (AvgIpc) is 1.62. The number of allylic oxidation sites excluding steroid dienone is 6. The van der Waals surface area contributed by atoms with E-state index in [0.29, 0.717) is 143 Å². The second kappa shape index (κ2) is 38.8. The number of Topliss-reactive ketones (excluding diaryl/α,β-unsaturated/α-hetero) is 1. The van der Waals surface area contributed by atoms with Crippen molar-refractivity contribution in [1.29, 1.82) is 0 Å². The molecule has 9 aliphatic rings. The summed E-state index contributed by atoms with van der Waals surface area (Å²) in [6.07, 6.45) is 3.37. The first kappa shape index (κ1) is 94.8. The molecule has 3 amide bonds. The lowest BCUT2D eigenvalue weighted by Gasteiger charge is -2.07. The standard InChI is InChI=1S/C20H17ClN2O2.C19H16N2O2.C18H13ClN2O2.C18H12ClNO2.C18H13N3O4.C17H11ClN2O2.CH4/c1-3-25-23-19-13-7-5-4-6-12(13)9-15(19)18-14-10-16(21)11(2)8-17(14)22-20(18)24;1-11-7-8-14-16(9-11)20-19(22)17(14)15-10-12-5-3-4-6-13(12)18(15)21-23-2;1-9-6-15-12(8-14(9)19)16(18(22)20-15)13-7-10-4-2-3-5-11(10)17(13)21-23;1-9-6-15-12(8-14(9)19)16(18(22)20-15)13-7-10-4-2-3-5-11(10)17(13)21;1-9-6-14-12(8-15(9)21(24)25)16(18(22)19-14)13-7-10-4-2-3-5-11(10)17(13)20-23;18-10-5-6-14-12(8-10)15(17(21)19-14)13-7-9-3-1-2-4-11(9)16(13)20-22;/h4-8,10H,3,9H2,1-2H3,(H,22,24);3-9H,10H2,1-2H3,(H,20,22);2-6,8,20,22H,7H2,1H3;2-6,8H,7H2,1H3,(H,20,22);2-6,8,19,22H,7H2,1H3;1-6,8,19,21H,7H2;1H4/b18-15+,23-19+;17-15+,21-18+;;16-13+;;;. The molecule has 26 nitrogen and oxygen atoms in total. The Hall–Kier alpha value is -16.5. The fourth-order valence-corrected chi connectivity index (χ4v) is 20.4. The van der Waals surface area contributed by atoms with Crippen LogP contribution in [0.1, 0.15) is 147 Å². The van der Waals surface area contributed by atoms with Crippen LogP contribution in [0, 0.1) is 59.5 Å². The van der Waals surface area contributed by atoms with Gasteiger partial charge in [-0.1, -0.05) is 222 Å². The number of hydrogen-bond acceptors (Lipinski definition) is 19. The SMILES string of the molecule is C.CCO/N=C1/C(=C2/C(=O)Nc3cc(C)c(Cl)cc32)Cc2ccccc21.CO/N=C1/C(=C2/C(=O)Nc3cc(C)ccc32)Cc2ccccc21.Cc1cc2[nH]c(O)c(C3=C(N=O)c4ccccc4C3)c2cc1Cl.Cc1cc2[nH]c(O)c(C3=C(N=O)c4ccccc4C3)c2cc1[N+](=O)[O-].Cc1cc2c(cc1Cl)/C(=C1/Cc3ccccc3C1=O)C(=O)N2.O=NC1=C(c2c(O)[nH]c3ccc(Cl)cc23)Cc2ccccc21. The number of carbonyl (C=O) groups excluding carboxylic acids is 4. The quantitative estimate of drug-likeness (QED) is 0.0266. The number of benzene rings is 12. The Kier molecular flexibility index (Phi) is 26.1. The Labute approximate surface area is 826 Å². The number of H-pyrrole nitrogens is 3. The number of nitrogens with one attached hydrogen (secondary N) is 6. The number of halogens is 4. The van der Waals surface area contributed by atoms with Crippen molar-refractivity contribution in [3.63, 3.8) is 0 Å². The number of carbonyl (C=O) groups is 4. The van der Waals surface area contributed by atoms with Crippen LogP contribution in [0.5, 0.6) is 17.6 Å². The Bertz CT molecular complexity index is 8260. The second-order valence-electron chi connectivity index (χ2n) is 34.7. The number of nitroso groups, excluding NO2 is 3. The molecule has 6 heterocycles. The highest BCUT2D eigenvalue weighted by atomic mass is 35.5. The molecule has 3 aromatic heterocycles. The van der Waals surface area contributed by atoms with Gasteiger partial charge in [0.2, 0.25) is 0 Å². The third-order valence-electron chi connectivity index (χ3n) is 26.2. The van der Waals surface area contributed by atoms with E-state index in [1.165, 1.54) is 18.7 Å². The van der Waals surface area contributed by atoms with E-state index in [0.717, 1.165) is 167 Å². The van der Waals surface area contributed by atoms with Crippen LogP contribution in [-0.2, 0) is 62.6 Å². The summed E-state index contributed by atoms with van der Waals surface area (Å²) in [5.41, 5.74) is 32.9. The molecule has 0 radical (unpaired) electrons. The maximum atomic E-state index is 12.7. The molecule has 0 saturated carbocycles. The van der Waals surface area contributed by atoms with Crippen molar-refractivity contribution in [2.24, 2.45) is 25.8 Å². The molecule has 0 bridgehead atoms. The summed E-state index contributed by atoms with van der Waals surface area (Å²) in [5.74, 6) is -0.551. The van der Waals surface area contributed by atoms with Gasteiger partial charge in [-0.15, -0.1) is 14.7 Å². The monoisotopic (exact) mass is 1950 g/mol. The number of nitro benzene ring substituents is 1. The Morgan fingerprint density at radius 3 is 1.17 bits per heavy atom. The molecular formula is C111H86Cl4N12O14. The molecule has 6 aliphatic carbocycles. The van der Waals surface area contributed by atoms with Crippen LogP contribution in [-0.4, -0.2) is 83.8 Å². The number of anilines is 3. The second-order valence-corrected chi connectivity index (χ2v) is 36.3. The molecule has 0 atom stereocenters. The molecule has 12 aromatic carbocycles. The predicted octanol–water partition coefficient (Wildman–Crippen LogP) is 26.1. The lowest BCUT2D eigenvalue weighted by Crippen LogP contribution is -2.10. The minimum atomic E-state index is -0.459. The zero-order chi connectivity index (χ0) is 98.1. The summed E-state index contributed by atoms with van der Waals surface area (Å²) < 4.78 is 0. The van der Waals surface area contributed by atoms with Gasteiger partial charge in [0.1, 0.15) is 42.2 Å². The maximum absolute atomic E-state index is 12.7. The van der Waals surface area contributed by atoms with E-state index in [4.69, 9.17) is 56.1 Å². The van der Waals surface area contributed by atoms with Gasteiger partial charge in [0.25, 0.3) is 23.4 Å². The lowest BCUT2D eigenvalue weighted by atomic mass is 9.97. The highest BCUT2D eigenvalue weighted by Crippen LogP contribution is 2.52. The first-order valence-electron chi connectivity index (χ1n) is 44.6. The van der Waals surface area contributed by atoms with Crippen molar-refractivity contribution in [1.82, 2.24) is 15.0 Å². The van der Waals surface area contributed by atoms with Crippen molar-refractivity contribution in [3.8, 4) is 17.6 Å². The number of aromatic hydroxyl groups is 3. The molecule has 0 saturated heterocycles. The molecule has 30 heteroatoms. The largest absolute Gasteiger partial charge is 0.494 e. The Morgan fingerprint density at radius 1 is 0.376 bits per heavy atom. The number of hydrogen-bond donors (Lipinski definition) is 9. The molecule has 3 aliphatic heterocycles. The number of oxime groups is 2. The van der Waals surface area contributed by atoms with Gasteiger partial charge in [-0.25, -0.2) is 0 Å². The zero-order valence-corrected chi connectivity index (χ0v) is 78.9. The number of aryl methyl sites for hydroxylation is 5. The van der Waals surface area contributed by atoms with Crippen LogP contribution in [0.3, 0.4) is 0 Å². The minimum Gasteiger partial charge on any atom is -0.494 e. The maximum Gasteiger partial charge on any atom is 0.273 e. The summed E-state index contributed by atoms with van der Waals surface area (Å²) in [4.78, 5) is 114. The van der Waals surface area contributed by atoms with Gasteiger partial charge in [0.05, 0.1) is 21.6 Å². The molecule has 702 valence electrons. The van der Waals surface area contributed by atoms with Crippen LogP contribution in [0.4, 0.5) is 22.7 Å². The summed E-state index contributed by atoms with van der Waals surface area (Å²) in [5, 5.41) is 73.7. The van der Waals surface area contributed by atoms with E-state index in [1.54, 1.807) is 49.4 Å². The Morgan fingerprint density at radius 2 is 0.730 bits per heavy atom. The van der Waals surface area contributed by atoms with Crippen molar-refractivity contribution in [3.05, 3.63) is 420 Å². The summed E-state index contributed by atoms with van der Waals surface area (Å²) in [6.45, 7) is 11.7. The van der Waals surface area contributed by atoms with Crippen LogP contribution >= 0.6 is 46.4 Å². The first-order chi connectivity index (χ1) is 67.6. The summed E-state index contributed by atoms with van der Waals surface area (Å²) in [6, 6.07) is 71.7. The van der Waals surface area contributed by atoms with Crippen molar-refractivity contribution >= 4 is 187 Å². The third kappa shape index (κ3) is 17.3. The van der Waals surface area contributed by atoms with Crippen molar-refractivity contribution in [2.75, 3.05) is 29.7 Å². The molecule has 24 rings (SSSR count). The number of amides is 3. The number of fused-ring (bicyclic) bond motifs is 12. The van der Waals surface area contributed by atoms with Gasteiger partial charge in [-0.3, -0.25) is 29.3 Å². The molecule has 0 spiro atoms. The summed E-state index contributed by atoms with van der Waals surface area (Å²) in [7, 11) is 1.53. The third-order valence-corrected chi connectivity index (χ3v) is 27.6. The minimum absolute atomic E-state index is 0. The number of ketones is 1. The van der Waals surface area contributed by atoms with Gasteiger partial charge in [-0.05, 0) is 207 Å². The van der Waals surface area contributed by atoms with Crippen LogP contribution < -0.4 is 16.0 Å². The topological polar surface area (TPSA) is 387 Å². The molecule has 141 heavy (non-hydrogen) atoms. The Balaban J connectivity index is 0.000000112. The number of nitro groups is 1. The van der Waals surface area contributed by atoms with Crippen LogP contribution in [0.25, 0.3) is 83.2 Å². The van der Waals surface area contributed by atoms with Gasteiger partial charge in [0.15, 0.2) is 23.4 Å². The molecule has 0 unspecified atom stereocenters. The van der Waals surface area contributed by atoms with Crippen LogP contribution in [0.2, 0.25) is 20.1 Å². The fraction of sp³-hybridized carbons (Fsp3) is 0.135. The van der Waals surface area contributed by atoms with Gasteiger partial charge >= 0.3 is 0 Å². The molecule has 0 fully saturated rings. The first-order valence-corrected chi connectivity index (χ1v) is 46.1. The van der Waals surface area contributed by atoms with E-state index in [9.17, 15) is 59.3 Å². The van der Waals surface area contributed by atoms with Gasteiger partial charge < -0.3 is 55.9 Å². The molecular weight excluding hydrogens is 1870 g/mol.